The summed E-state index contributed by atoms with van der Waals surface area (Å²) in [7, 11) is 1.41. The molecule has 0 spiro atoms. The molecular formula is C14H16N4O3. The molecule has 0 amide bonds. The van der Waals surface area contributed by atoms with Gasteiger partial charge in [-0.3, -0.25) is 14.7 Å². The molecule has 7 nitrogen and oxygen atoms in total. The van der Waals surface area contributed by atoms with Crippen molar-refractivity contribution in [2.24, 2.45) is 0 Å². The Bertz CT molecular complexity index is 614. The number of likely N-dealkylation sites (tertiary alicyclic amines) is 1. The number of methoxy groups -OCH3 is 1. The van der Waals surface area contributed by atoms with E-state index in [-0.39, 0.29) is 12.0 Å². The molecule has 0 saturated carbocycles. The van der Waals surface area contributed by atoms with Gasteiger partial charge in [-0.1, -0.05) is 11.2 Å². The number of hydrogen-bond acceptors (Lipinski definition) is 7. The van der Waals surface area contributed by atoms with Crippen molar-refractivity contribution in [1.82, 2.24) is 20.0 Å². The SMILES string of the molecule is COC(=O)C1CCCN1Cc1nc(-c2ccccn2)no1. The first-order valence-corrected chi connectivity index (χ1v) is 6.84. The van der Waals surface area contributed by atoms with Crippen molar-refractivity contribution in [3.05, 3.63) is 30.3 Å². The lowest BCUT2D eigenvalue weighted by atomic mass is 10.2. The number of esters is 1. The fourth-order valence-corrected chi connectivity index (χ4v) is 2.51. The summed E-state index contributed by atoms with van der Waals surface area (Å²) in [6.07, 6.45) is 3.44. The highest BCUT2D eigenvalue weighted by molar-refractivity contribution is 5.75. The van der Waals surface area contributed by atoms with E-state index in [0.29, 0.717) is 24.0 Å². The Morgan fingerprint density at radius 1 is 1.52 bits per heavy atom. The molecule has 1 saturated heterocycles. The Hall–Kier alpha value is -2.28. The van der Waals surface area contributed by atoms with Crippen LogP contribution in [0.5, 0.6) is 0 Å². The highest BCUT2D eigenvalue weighted by atomic mass is 16.5. The maximum absolute atomic E-state index is 11.7. The van der Waals surface area contributed by atoms with Gasteiger partial charge in [-0.05, 0) is 31.5 Å². The number of ether oxygens (including phenoxy) is 1. The maximum Gasteiger partial charge on any atom is 0.323 e. The van der Waals surface area contributed by atoms with E-state index in [1.165, 1.54) is 7.11 Å². The Balaban J connectivity index is 1.71. The molecule has 0 radical (unpaired) electrons. The molecule has 1 aliphatic heterocycles. The van der Waals surface area contributed by atoms with Gasteiger partial charge in [0.2, 0.25) is 11.7 Å². The summed E-state index contributed by atoms with van der Waals surface area (Å²) in [6.45, 7) is 1.26. The fraction of sp³-hybridized carbons (Fsp3) is 0.429. The van der Waals surface area contributed by atoms with Gasteiger partial charge in [-0.15, -0.1) is 0 Å². The zero-order valence-electron chi connectivity index (χ0n) is 11.7. The highest BCUT2D eigenvalue weighted by Crippen LogP contribution is 2.21. The van der Waals surface area contributed by atoms with Gasteiger partial charge in [0.1, 0.15) is 11.7 Å². The quantitative estimate of drug-likeness (QED) is 0.783. The van der Waals surface area contributed by atoms with E-state index in [4.69, 9.17) is 9.26 Å². The van der Waals surface area contributed by atoms with Gasteiger partial charge in [0, 0.05) is 6.20 Å². The second-order valence-corrected chi connectivity index (χ2v) is 4.88. The monoisotopic (exact) mass is 288 g/mol. The highest BCUT2D eigenvalue weighted by Gasteiger charge is 2.32. The van der Waals surface area contributed by atoms with Gasteiger partial charge in [-0.2, -0.15) is 4.98 Å². The smallest absolute Gasteiger partial charge is 0.323 e. The molecule has 2 aromatic rings. The van der Waals surface area contributed by atoms with Crippen molar-refractivity contribution in [2.75, 3.05) is 13.7 Å². The van der Waals surface area contributed by atoms with Crippen molar-refractivity contribution < 1.29 is 14.1 Å². The molecule has 0 bridgehead atoms. The van der Waals surface area contributed by atoms with Gasteiger partial charge in [0.25, 0.3) is 0 Å². The molecule has 1 unspecified atom stereocenters. The van der Waals surface area contributed by atoms with Crippen LogP contribution >= 0.6 is 0 Å². The lowest BCUT2D eigenvalue weighted by molar-refractivity contribution is -0.146. The molecule has 3 rings (SSSR count). The Morgan fingerprint density at radius 3 is 3.19 bits per heavy atom. The molecule has 1 fully saturated rings. The van der Waals surface area contributed by atoms with Gasteiger partial charge in [0.15, 0.2) is 0 Å². The number of carbonyl (C=O) groups is 1. The molecule has 21 heavy (non-hydrogen) atoms. The normalized spacial score (nSPS) is 18.8. The molecule has 1 aliphatic rings. The molecule has 7 heteroatoms. The van der Waals surface area contributed by atoms with Crippen LogP contribution in [0.2, 0.25) is 0 Å². The predicted molar refractivity (Wildman–Crippen MR) is 73.0 cm³/mol. The largest absolute Gasteiger partial charge is 0.468 e. The zero-order chi connectivity index (χ0) is 14.7. The van der Waals surface area contributed by atoms with Crippen LogP contribution in [0.4, 0.5) is 0 Å². The molecule has 3 heterocycles. The summed E-state index contributed by atoms with van der Waals surface area (Å²) in [6, 6.07) is 5.30. The van der Waals surface area contributed by atoms with Crippen molar-refractivity contribution in [1.29, 1.82) is 0 Å². The fourth-order valence-electron chi connectivity index (χ4n) is 2.51. The summed E-state index contributed by atoms with van der Waals surface area (Å²) in [5, 5.41) is 3.93. The van der Waals surface area contributed by atoms with Crippen LogP contribution in [0.1, 0.15) is 18.7 Å². The van der Waals surface area contributed by atoms with E-state index in [1.807, 2.05) is 23.1 Å². The molecular weight excluding hydrogens is 272 g/mol. The minimum Gasteiger partial charge on any atom is -0.468 e. The number of aromatic nitrogens is 3. The summed E-state index contributed by atoms with van der Waals surface area (Å²) in [5.74, 6) is 0.725. The molecule has 0 N–H and O–H groups in total. The van der Waals surface area contributed by atoms with Crippen molar-refractivity contribution in [2.45, 2.75) is 25.4 Å². The molecule has 2 aromatic heterocycles. The average Bonchev–Trinajstić information content (AvgIpc) is 3.17. The number of carbonyl (C=O) groups excluding carboxylic acids is 1. The minimum atomic E-state index is -0.222. The van der Waals surface area contributed by atoms with Crippen LogP contribution in [-0.4, -0.2) is 45.7 Å². The number of nitrogens with zero attached hydrogens (tertiary/aromatic N) is 4. The third-order valence-corrected chi connectivity index (χ3v) is 3.54. The summed E-state index contributed by atoms with van der Waals surface area (Å²) < 4.78 is 10.1. The molecule has 0 aromatic carbocycles. The topological polar surface area (TPSA) is 81.4 Å². The van der Waals surface area contributed by atoms with Crippen molar-refractivity contribution in [3.8, 4) is 11.5 Å². The third kappa shape index (κ3) is 2.92. The van der Waals surface area contributed by atoms with Crippen LogP contribution in [0.15, 0.2) is 28.9 Å². The maximum atomic E-state index is 11.7. The Kier molecular flexibility index (Phi) is 3.92. The molecule has 110 valence electrons. The van der Waals surface area contributed by atoms with E-state index >= 15 is 0 Å². The van der Waals surface area contributed by atoms with Crippen LogP contribution in [0.25, 0.3) is 11.5 Å². The summed E-state index contributed by atoms with van der Waals surface area (Å²) in [5.41, 5.74) is 0.665. The van der Waals surface area contributed by atoms with Crippen LogP contribution < -0.4 is 0 Å². The lowest BCUT2D eigenvalue weighted by Crippen LogP contribution is -2.36. The second-order valence-electron chi connectivity index (χ2n) is 4.88. The van der Waals surface area contributed by atoms with Gasteiger partial charge in [0.05, 0.1) is 13.7 Å². The van der Waals surface area contributed by atoms with Crippen LogP contribution in [0, 0.1) is 0 Å². The number of pyridine rings is 1. The van der Waals surface area contributed by atoms with Crippen LogP contribution in [0.3, 0.4) is 0 Å². The predicted octanol–water partition coefficient (Wildman–Crippen LogP) is 1.27. The lowest BCUT2D eigenvalue weighted by Gasteiger charge is -2.19. The first kappa shape index (κ1) is 13.7. The van der Waals surface area contributed by atoms with Gasteiger partial charge >= 0.3 is 5.97 Å². The average molecular weight is 288 g/mol. The summed E-state index contributed by atoms with van der Waals surface area (Å²) in [4.78, 5) is 22.2. The molecule has 0 aliphatic carbocycles. The van der Waals surface area contributed by atoms with E-state index < -0.39 is 0 Å². The zero-order valence-corrected chi connectivity index (χ0v) is 11.7. The standard InChI is InChI=1S/C14H16N4O3/c1-20-14(19)11-6-4-8-18(11)9-12-16-13(17-21-12)10-5-2-3-7-15-10/h2-3,5,7,11H,4,6,8-9H2,1H3. The van der Waals surface area contributed by atoms with Gasteiger partial charge < -0.3 is 9.26 Å². The molecule has 1 atom stereocenters. The number of hydrogen-bond donors (Lipinski definition) is 0. The van der Waals surface area contributed by atoms with E-state index in [9.17, 15) is 4.79 Å². The van der Waals surface area contributed by atoms with Gasteiger partial charge in [-0.25, -0.2) is 0 Å². The first-order chi connectivity index (χ1) is 10.3. The van der Waals surface area contributed by atoms with E-state index in [2.05, 4.69) is 15.1 Å². The van der Waals surface area contributed by atoms with E-state index in [0.717, 1.165) is 19.4 Å². The summed E-state index contributed by atoms with van der Waals surface area (Å²) >= 11 is 0. The Labute approximate surface area is 121 Å². The minimum absolute atomic E-state index is 0.211. The third-order valence-electron chi connectivity index (χ3n) is 3.54. The second kappa shape index (κ2) is 6.01. The first-order valence-electron chi connectivity index (χ1n) is 6.84. The number of rotatable bonds is 4. The van der Waals surface area contributed by atoms with Crippen molar-refractivity contribution in [3.63, 3.8) is 0 Å². The Morgan fingerprint density at radius 2 is 2.43 bits per heavy atom. The van der Waals surface area contributed by atoms with Crippen molar-refractivity contribution >= 4 is 5.97 Å². The van der Waals surface area contributed by atoms with E-state index in [1.54, 1.807) is 6.20 Å². The van der Waals surface area contributed by atoms with Crippen LogP contribution in [-0.2, 0) is 16.1 Å².